The van der Waals surface area contributed by atoms with Gasteiger partial charge in [0.2, 0.25) is 0 Å². The van der Waals surface area contributed by atoms with Crippen molar-refractivity contribution in [2.45, 2.75) is 96.9 Å². The standard InChI is InChI=1S/C28H42O6/c1-6-24-17(3)8-11-25(34-24)18(4)13-16(2)7-9-21-19(5)22(21)10-12-26-28(32)23(29)14-20(33-26)15-27(30)31/h7-10,12-13,16,19-26,28-29,32H,6,11,14-15H2,1-5H3,(H,30,31)/b9-7+,12-10+,18-13-. The number of hydrogen-bond acceptors (Lipinski definition) is 5. The number of aliphatic hydroxyl groups excluding tert-OH is 2. The first-order valence-corrected chi connectivity index (χ1v) is 12.7. The fourth-order valence-electron chi connectivity index (χ4n) is 5.22. The Morgan fingerprint density at radius 2 is 1.91 bits per heavy atom. The molecule has 0 aromatic rings. The molecule has 2 aliphatic heterocycles. The van der Waals surface area contributed by atoms with Crippen LogP contribution in [0.5, 0.6) is 0 Å². The van der Waals surface area contributed by atoms with Gasteiger partial charge in [0.1, 0.15) is 12.2 Å². The number of carboxylic acids is 1. The maximum absolute atomic E-state index is 11.0. The fourth-order valence-corrected chi connectivity index (χ4v) is 5.22. The van der Waals surface area contributed by atoms with Crippen LogP contribution in [0.2, 0.25) is 0 Å². The molecule has 2 fully saturated rings. The van der Waals surface area contributed by atoms with Crippen molar-refractivity contribution < 1.29 is 29.6 Å². The molecule has 10 atom stereocenters. The van der Waals surface area contributed by atoms with E-state index in [1.54, 1.807) is 6.08 Å². The summed E-state index contributed by atoms with van der Waals surface area (Å²) in [5, 5.41) is 29.3. The zero-order chi connectivity index (χ0) is 25.0. The highest BCUT2D eigenvalue weighted by Crippen LogP contribution is 2.48. The predicted molar refractivity (Wildman–Crippen MR) is 132 cm³/mol. The minimum atomic E-state index is -1.04. The Morgan fingerprint density at radius 1 is 1.21 bits per heavy atom. The van der Waals surface area contributed by atoms with Crippen LogP contribution in [-0.2, 0) is 14.3 Å². The second kappa shape index (κ2) is 11.8. The quantitative estimate of drug-likeness (QED) is 0.428. The molecule has 10 unspecified atom stereocenters. The molecule has 0 radical (unpaired) electrons. The van der Waals surface area contributed by atoms with E-state index in [1.807, 2.05) is 6.08 Å². The molecule has 3 aliphatic rings. The van der Waals surface area contributed by atoms with Crippen LogP contribution >= 0.6 is 0 Å². The van der Waals surface area contributed by atoms with E-state index in [0.29, 0.717) is 23.7 Å². The van der Waals surface area contributed by atoms with Crippen LogP contribution in [0.3, 0.4) is 0 Å². The molecule has 0 amide bonds. The molecule has 2 heterocycles. The lowest BCUT2D eigenvalue weighted by molar-refractivity contribution is -0.163. The Labute approximate surface area is 204 Å². The van der Waals surface area contributed by atoms with Crippen molar-refractivity contribution in [1.29, 1.82) is 0 Å². The van der Waals surface area contributed by atoms with E-state index < -0.39 is 30.4 Å². The number of ether oxygens (including phenoxy) is 2. The highest BCUT2D eigenvalue weighted by molar-refractivity contribution is 5.67. The average molecular weight is 475 g/mol. The Morgan fingerprint density at radius 3 is 2.59 bits per heavy atom. The number of carbonyl (C=O) groups is 1. The molecule has 1 saturated carbocycles. The highest BCUT2D eigenvalue weighted by atomic mass is 16.5. The summed E-state index contributed by atoms with van der Waals surface area (Å²) in [6.07, 6.45) is 11.9. The monoisotopic (exact) mass is 474 g/mol. The van der Waals surface area contributed by atoms with Crippen molar-refractivity contribution in [1.82, 2.24) is 0 Å². The van der Waals surface area contributed by atoms with Crippen molar-refractivity contribution in [2.24, 2.45) is 23.7 Å². The van der Waals surface area contributed by atoms with Gasteiger partial charge in [0.05, 0.1) is 30.8 Å². The number of rotatable bonds is 9. The topological polar surface area (TPSA) is 96.2 Å². The minimum absolute atomic E-state index is 0.134. The van der Waals surface area contributed by atoms with Crippen LogP contribution < -0.4 is 0 Å². The first kappa shape index (κ1) is 26.9. The molecule has 34 heavy (non-hydrogen) atoms. The third-order valence-corrected chi connectivity index (χ3v) is 7.56. The van der Waals surface area contributed by atoms with Crippen molar-refractivity contribution in [3.63, 3.8) is 0 Å². The Kier molecular flexibility index (Phi) is 9.33. The lowest BCUT2D eigenvalue weighted by atomic mass is 9.95. The lowest BCUT2D eigenvalue weighted by Crippen LogP contribution is -2.47. The molecule has 0 aromatic heterocycles. The first-order valence-electron chi connectivity index (χ1n) is 12.7. The van der Waals surface area contributed by atoms with Crippen LogP contribution in [-0.4, -0.2) is 57.9 Å². The molecule has 1 saturated heterocycles. The molecule has 3 rings (SSSR count). The predicted octanol–water partition coefficient (Wildman–Crippen LogP) is 4.43. The van der Waals surface area contributed by atoms with Crippen molar-refractivity contribution in [3.05, 3.63) is 47.6 Å². The van der Waals surface area contributed by atoms with E-state index in [2.05, 4.69) is 58.9 Å². The number of aliphatic carboxylic acids is 1. The molecule has 0 aromatic carbocycles. The first-order chi connectivity index (χ1) is 16.1. The molecule has 190 valence electrons. The van der Waals surface area contributed by atoms with Gasteiger partial charge in [0.15, 0.2) is 0 Å². The second-order valence-corrected chi connectivity index (χ2v) is 10.4. The molecular weight excluding hydrogens is 432 g/mol. The van der Waals surface area contributed by atoms with Crippen LogP contribution in [0.25, 0.3) is 0 Å². The Hall–Kier alpha value is -1.73. The molecule has 6 heteroatoms. The third-order valence-electron chi connectivity index (χ3n) is 7.56. The van der Waals surface area contributed by atoms with E-state index in [0.717, 1.165) is 12.8 Å². The summed E-state index contributed by atoms with van der Waals surface area (Å²) in [6, 6.07) is 0. The SMILES string of the molecule is CCC1OC(/C(C)=C\C(C)/C=C/C2C(C)C2/C=C/C2OC(CC(=O)O)CC(O)C2O)CC=C1C. The van der Waals surface area contributed by atoms with Gasteiger partial charge in [-0.25, -0.2) is 0 Å². The summed E-state index contributed by atoms with van der Waals surface area (Å²) in [5.74, 6) is 0.603. The van der Waals surface area contributed by atoms with Crippen molar-refractivity contribution in [2.75, 3.05) is 0 Å². The van der Waals surface area contributed by atoms with Crippen molar-refractivity contribution in [3.8, 4) is 0 Å². The van der Waals surface area contributed by atoms with E-state index in [9.17, 15) is 15.0 Å². The number of aliphatic hydroxyl groups is 2. The minimum Gasteiger partial charge on any atom is -0.481 e. The van der Waals surface area contributed by atoms with Crippen LogP contribution in [0.15, 0.2) is 47.6 Å². The van der Waals surface area contributed by atoms with Crippen LogP contribution in [0.4, 0.5) is 0 Å². The molecule has 6 nitrogen and oxygen atoms in total. The van der Waals surface area contributed by atoms with Crippen LogP contribution in [0.1, 0.15) is 60.3 Å². The van der Waals surface area contributed by atoms with Gasteiger partial charge in [-0.15, -0.1) is 0 Å². The maximum atomic E-state index is 11.0. The number of allylic oxidation sites excluding steroid dienone is 4. The zero-order valence-electron chi connectivity index (χ0n) is 21.1. The molecule has 3 N–H and O–H groups in total. The maximum Gasteiger partial charge on any atom is 0.305 e. The highest BCUT2D eigenvalue weighted by Gasteiger charge is 2.43. The van der Waals surface area contributed by atoms with E-state index in [1.165, 1.54) is 11.1 Å². The van der Waals surface area contributed by atoms with E-state index in [-0.39, 0.29) is 25.0 Å². The van der Waals surface area contributed by atoms with Gasteiger partial charge < -0.3 is 24.8 Å². The summed E-state index contributed by atoms with van der Waals surface area (Å²) < 4.78 is 12.0. The summed E-state index contributed by atoms with van der Waals surface area (Å²) >= 11 is 0. The smallest absolute Gasteiger partial charge is 0.305 e. The van der Waals surface area contributed by atoms with E-state index >= 15 is 0 Å². The van der Waals surface area contributed by atoms with Gasteiger partial charge in [-0.05, 0) is 61.5 Å². The molecular formula is C28H42O6. The molecule has 1 aliphatic carbocycles. The average Bonchev–Trinajstić information content (AvgIpc) is 3.40. The van der Waals surface area contributed by atoms with E-state index in [4.69, 9.17) is 14.6 Å². The van der Waals surface area contributed by atoms with Gasteiger partial charge in [0, 0.05) is 6.42 Å². The largest absolute Gasteiger partial charge is 0.481 e. The fraction of sp³-hybridized carbons (Fsp3) is 0.679. The number of hydrogen-bond donors (Lipinski definition) is 3. The molecule has 0 bridgehead atoms. The van der Waals surface area contributed by atoms with Gasteiger partial charge >= 0.3 is 5.97 Å². The van der Waals surface area contributed by atoms with Gasteiger partial charge in [-0.3, -0.25) is 4.79 Å². The summed E-state index contributed by atoms with van der Waals surface area (Å²) in [4.78, 5) is 11.0. The number of carboxylic acid groups (broad SMARTS) is 1. The van der Waals surface area contributed by atoms with Crippen LogP contribution in [0, 0.1) is 23.7 Å². The zero-order valence-corrected chi connectivity index (χ0v) is 21.1. The molecule has 0 spiro atoms. The van der Waals surface area contributed by atoms with Gasteiger partial charge in [-0.2, -0.15) is 0 Å². The Balaban J connectivity index is 1.53. The second-order valence-electron chi connectivity index (χ2n) is 10.4. The lowest BCUT2D eigenvalue weighted by Gasteiger charge is -2.35. The summed E-state index contributed by atoms with van der Waals surface area (Å²) in [5.41, 5.74) is 2.61. The normalized spacial score (nSPS) is 39.9. The van der Waals surface area contributed by atoms with Gasteiger partial charge in [0.25, 0.3) is 0 Å². The van der Waals surface area contributed by atoms with Crippen molar-refractivity contribution >= 4 is 5.97 Å². The third kappa shape index (κ3) is 6.91. The Bertz CT molecular complexity index is 827. The summed E-state index contributed by atoms with van der Waals surface area (Å²) in [7, 11) is 0. The van der Waals surface area contributed by atoms with Gasteiger partial charge in [-0.1, -0.05) is 57.2 Å². The summed E-state index contributed by atoms with van der Waals surface area (Å²) in [6.45, 7) is 10.9.